The lowest BCUT2D eigenvalue weighted by Gasteiger charge is -2.03. The molecule has 0 unspecified atom stereocenters. The molecule has 0 spiro atoms. The van der Waals surface area contributed by atoms with Gasteiger partial charge in [-0.25, -0.2) is 4.98 Å². The van der Waals surface area contributed by atoms with Crippen molar-refractivity contribution in [1.82, 2.24) is 35.1 Å². The molecular weight excluding hydrogens is 326 g/mol. The fraction of sp³-hybridized carbons (Fsp3) is 0.0667. The quantitative estimate of drug-likeness (QED) is 0.607. The Bertz CT molecular complexity index is 982. The van der Waals surface area contributed by atoms with Crippen molar-refractivity contribution < 1.29 is 4.79 Å². The summed E-state index contributed by atoms with van der Waals surface area (Å²) in [5, 5.41) is 17.4. The second kappa shape index (κ2) is 6.13. The van der Waals surface area contributed by atoms with E-state index in [0.717, 1.165) is 10.6 Å². The largest absolute Gasteiger partial charge is 0.343 e. The Morgan fingerprint density at radius 3 is 2.96 bits per heavy atom. The molecule has 0 atom stereocenters. The van der Waals surface area contributed by atoms with Crippen molar-refractivity contribution in [3.05, 3.63) is 59.8 Å². The molecule has 4 rings (SSSR count). The summed E-state index contributed by atoms with van der Waals surface area (Å²) in [6, 6.07) is 7.72. The summed E-state index contributed by atoms with van der Waals surface area (Å²) < 4.78 is 1.63. The average molecular weight is 337 g/mol. The monoisotopic (exact) mass is 337 g/mol. The van der Waals surface area contributed by atoms with Crippen molar-refractivity contribution in [2.24, 2.45) is 0 Å². The first-order valence-electron chi connectivity index (χ1n) is 7.11. The van der Waals surface area contributed by atoms with Crippen LogP contribution in [-0.4, -0.2) is 35.7 Å². The minimum Gasteiger partial charge on any atom is -0.343 e. The van der Waals surface area contributed by atoms with Gasteiger partial charge in [0.15, 0.2) is 11.5 Å². The highest BCUT2D eigenvalue weighted by Gasteiger charge is 2.12. The van der Waals surface area contributed by atoms with E-state index < -0.39 is 0 Å². The Balaban J connectivity index is 1.58. The van der Waals surface area contributed by atoms with E-state index in [9.17, 15) is 4.79 Å². The zero-order chi connectivity index (χ0) is 16.4. The van der Waals surface area contributed by atoms with Crippen LogP contribution in [0, 0.1) is 0 Å². The molecule has 4 heterocycles. The van der Waals surface area contributed by atoms with Gasteiger partial charge in [0.25, 0.3) is 5.91 Å². The van der Waals surface area contributed by atoms with Crippen LogP contribution in [0.2, 0.25) is 0 Å². The van der Waals surface area contributed by atoms with E-state index in [2.05, 4.69) is 30.6 Å². The lowest BCUT2D eigenvalue weighted by molar-refractivity contribution is 0.0944. The number of fused-ring (bicyclic) bond motifs is 1. The standard InChI is InChI=1S/C15H11N7OS/c23-15(11-8-16-5-6-17-11)18-9-14-20-19-13-4-3-10(21-22(13)14)12-2-1-7-24-12/h1-8H,9H2,(H,18,23). The van der Waals surface area contributed by atoms with Crippen LogP contribution in [0.4, 0.5) is 0 Å². The van der Waals surface area contributed by atoms with Crippen molar-refractivity contribution in [3.63, 3.8) is 0 Å². The number of carbonyl (C=O) groups is 1. The van der Waals surface area contributed by atoms with Crippen molar-refractivity contribution in [1.29, 1.82) is 0 Å². The number of nitrogens with zero attached hydrogens (tertiary/aromatic N) is 6. The van der Waals surface area contributed by atoms with Gasteiger partial charge in [-0.3, -0.25) is 9.78 Å². The van der Waals surface area contributed by atoms with Crippen LogP contribution in [0.1, 0.15) is 16.3 Å². The third-order valence-electron chi connectivity index (χ3n) is 3.30. The number of rotatable bonds is 4. The molecule has 4 aromatic heterocycles. The lowest BCUT2D eigenvalue weighted by atomic mass is 10.3. The maximum absolute atomic E-state index is 12.0. The van der Waals surface area contributed by atoms with Crippen molar-refractivity contribution in [2.75, 3.05) is 0 Å². The van der Waals surface area contributed by atoms with Gasteiger partial charge in [-0.1, -0.05) is 6.07 Å². The predicted octanol–water partition coefficient (Wildman–Crippen LogP) is 1.57. The van der Waals surface area contributed by atoms with Crippen LogP contribution in [0.15, 0.2) is 48.2 Å². The number of carbonyl (C=O) groups excluding carboxylic acids is 1. The first-order chi connectivity index (χ1) is 11.8. The van der Waals surface area contributed by atoms with Crippen molar-refractivity contribution in [3.8, 4) is 10.6 Å². The molecule has 0 fully saturated rings. The molecule has 0 aliphatic carbocycles. The van der Waals surface area contributed by atoms with E-state index in [-0.39, 0.29) is 18.1 Å². The molecule has 0 aromatic carbocycles. The molecule has 24 heavy (non-hydrogen) atoms. The van der Waals surface area contributed by atoms with Crippen molar-refractivity contribution >= 4 is 22.9 Å². The molecule has 0 saturated heterocycles. The molecule has 8 nitrogen and oxygen atoms in total. The summed E-state index contributed by atoms with van der Waals surface area (Å²) in [6.07, 6.45) is 4.39. The highest BCUT2D eigenvalue weighted by atomic mass is 32.1. The van der Waals surface area contributed by atoms with Crippen molar-refractivity contribution in [2.45, 2.75) is 6.54 Å². The van der Waals surface area contributed by atoms with Gasteiger partial charge in [0.1, 0.15) is 11.4 Å². The Morgan fingerprint density at radius 2 is 2.17 bits per heavy atom. The molecule has 1 N–H and O–H groups in total. The maximum Gasteiger partial charge on any atom is 0.271 e. The van der Waals surface area contributed by atoms with Crippen LogP contribution < -0.4 is 5.32 Å². The first kappa shape index (κ1) is 14.4. The highest BCUT2D eigenvalue weighted by molar-refractivity contribution is 7.13. The highest BCUT2D eigenvalue weighted by Crippen LogP contribution is 2.22. The molecule has 1 amide bonds. The van der Waals surface area contributed by atoms with Gasteiger partial charge in [0.05, 0.1) is 17.6 Å². The second-order valence-electron chi connectivity index (χ2n) is 4.86. The molecule has 118 valence electrons. The predicted molar refractivity (Wildman–Crippen MR) is 87.3 cm³/mol. The molecule has 0 aliphatic rings. The number of nitrogens with one attached hydrogen (secondary N) is 1. The van der Waals surface area contributed by atoms with Crippen LogP contribution in [0.25, 0.3) is 16.2 Å². The molecule has 0 bridgehead atoms. The van der Waals surface area contributed by atoms with E-state index in [0.29, 0.717) is 11.5 Å². The summed E-state index contributed by atoms with van der Waals surface area (Å²) in [7, 11) is 0. The summed E-state index contributed by atoms with van der Waals surface area (Å²) >= 11 is 1.61. The van der Waals surface area contributed by atoms with E-state index in [1.807, 2.05) is 29.6 Å². The molecular formula is C15H11N7OS. The van der Waals surface area contributed by atoms with Gasteiger partial charge < -0.3 is 5.32 Å². The molecule has 0 aliphatic heterocycles. The fourth-order valence-corrected chi connectivity index (χ4v) is 2.86. The second-order valence-corrected chi connectivity index (χ2v) is 5.80. The molecule has 4 aromatic rings. The van der Waals surface area contributed by atoms with E-state index >= 15 is 0 Å². The number of hydrogen-bond acceptors (Lipinski definition) is 7. The molecule has 0 radical (unpaired) electrons. The normalized spacial score (nSPS) is 10.8. The number of aromatic nitrogens is 6. The van der Waals surface area contributed by atoms with E-state index in [4.69, 9.17) is 0 Å². The van der Waals surface area contributed by atoms with Gasteiger partial charge in [0.2, 0.25) is 0 Å². The van der Waals surface area contributed by atoms with Crippen LogP contribution in [-0.2, 0) is 6.54 Å². The smallest absolute Gasteiger partial charge is 0.271 e. The van der Waals surface area contributed by atoms with Gasteiger partial charge >= 0.3 is 0 Å². The van der Waals surface area contributed by atoms with Crippen LogP contribution >= 0.6 is 11.3 Å². The summed E-state index contributed by atoms with van der Waals surface area (Å²) in [5.41, 5.74) is 1.71. The first-order valence-corrected chi connectivity index (χ1v) is 7.98. The number of thiophene rings is 1. The lowest BCUT2D eigenvalue weighted by Crippen LogP contribution is -2.25. The fourth-order valence-electron chi connectivity index (χ4n) is 2.17. The van der Waals surface area contributed by atoms with Gasteiger partial charge in [-0.15, -0.1) is 21.5 Å². The zero-order valence-corrected chi connectivity index (χ0v) is 13.1. The molecule has 9 heteroatoms. The van der Waals surface area contributed by atoms with Gasteiger partial charge in [-0.05, 0) is 23.6 Å². The minimum absolute atomic E-state index is 0.192. The minimum atomic E-state index is -0.325. The molecule has 0 saturated carbocycles. The Hall–Kier alpha value is -3.20. The average Bonchev–Trinajstić information content (AvgIpc) is 3.30. The third kappa shape index (κ3) is 2.72. The number of hydrogen-bond donors (Lipinski definition) is 1. The number of amides is 1. The zero-order valence-electron chi connectivity index (χ0n) is 12.3. The van der Waals surface area contributed by atoms with Gasteiger partial charge in [0, 0.05) is 12.4 Å². The Kier molecular flexibility index (Phi) is 3.67. The Labute approximate surface area is 140 Å². The summed E-state index contributed by atoms with van der Waals surface area (Å²) in [6.45, 7) is 0.192. The SMILES string of the molecule is O=C(NCc1nnc2ccc(-c3cccs3)nn12)c1cnccn1. The van der Waals surface area contributed by atoms with E-state index in [1.54, 1.807) is 15.9 Å². The topological polar surface area (TPSA) is 98.0 Å². The summed E-state index contributed by atoms with van der Waals surface area (Å²) in [4.78, 5) is 20.9. The summed E-state index contributed by atoms with van der Waals surface area (Å²) in [5.74, 6) is 0.218. The maximum atomic E-state index is 12.0. The van der Waals surface area contributed by atoms with Crippen LogP contribution in [0.5, 0.6) is 0 Å². The van der Waals surface area contributed by atoms with E-state index in [1.165, 1.54) is 18.6 Å². The van der Waals surface area contributed by atoms with Crippen LogP contribution in [0.3, 0.4) is 0 Å². The third-order valence-corrected chi connectivity index (χ3v) is 4.20. The van der Waals surface area contributed by atoms with Gasteiger partial charge in [-0.2, -0.15) is 9.61 Å². The Morgan fingerprint density at radius 1 is 1.21 bits per heavy atom.